The van der Waals surface area contributed by atoms with Crippen molar-refractivity contribution in [3.05, 3.63) is 47.5 Å². The zero-order valence-electron chi connectivity index (χ0n) is 13.8. The van der Waals surface area contributed by atoms with E-state index in [1.807, 2.05) is 31.2 Å². The number of fused-ring (bicyclic) bond motifs is 2. The summed E-state index contributed by atoms with van der Waals surface area (Å²) in [6.45, 7) is 4.27. The molecule has 3 aromatic rings. The molecule has 1 aliphatic heterocycles. The van der Waals surface area contributed by atoms with Gasteiger partial charge in [-0.2, -0.15) is 0 Å². The summed E-state index contributed by atoms with van der Waals surface area (Å²) in [4.78, 5) is 16.8. The molecule has 25 heavy (non-hydrogen) atoms. The molecule has 2 heterocycles. The molecule has 1 aromatic heterocycles. The van der Waals surface area contributed by atoms with Crippen molar-refractivity contribution in [3.63, 3.8) is 0 Å². The molecule has 0 bridgehead atoms. The van der Waals surface area contributed by atoms with Gasteiger partial charge in [-0.1, -0.05) is 29.5 Å². The summed E-state index contributed by atoms with van der Waals surface area (Å²) < 4.78 is 12.3. The molecule has 1 aliphatic rings. The maximum absolute atomic E-state index is 12.3. The number of hydrogen-bond acceptors (Lipinski definition) is 6. The van der Waals surface area contributed by atoms with Crippen molar-refractivity contribution in [1.82, 2.24) is 10.4 Å². The number of nitrogens with one attached hydrogen (secondary N) is 2. The second kappa shape index (κ2) is 6.25. The number of benzene rings is 2. The van der Waals surface area contributed by atoms with Gasteiger partial charge in [0.15, 0.2) is 11.5 Å². The summed E-state index contributed by atoms with van der Waals surface area (Å²) in [6.07, 6.45) is -0.708. The molecular weight excluding hydrogens is 338 g/mol. The first-order valence-corrected chi connectivity index (χ1v) is 8.74. The number of nitrogens with zero attached hydrogens (tertiary/aromatic N) is 1. The average molecular weight is 355 g/mol. The van der Waals surface area contributed by atoms with Crippen LogP contribution in [0.25, 0.3) is 10.2 Å². The Morgan fingerprint density at radius 1 is 1.24 bits per heavy atom. The molecule has 2 aromatic carbocycles. The van der Waals surface area contributed by atoms with Gasteiger partial charge in [-0.05, 0) is 43.2 Å². The Morgan fingerprint density at radius 2 is 2.04 bits per heavy atom. The third-order valence-electron chi connectivity index (χ3n) is 3.91. The van der Waals surface area contributed by atoms with E-state index in [4.69, 9.17) is 9.47 Å². The first kappa shape index (κ1) is 15.7. The maximum Gasteiger partial charge on any atom is 0.283 e. The molecule has 1 amide bonds. The van der Waals surface area contributed by atoms with Crippen molar-refractivity contribution in [3.8, 4) is 11.5 Å². The van der Waals surface area contributed by atoms with E-state index in [0.717, 1.165) is 15.8 Å². The summed E-state index contributed by atoms with van der Waals surface area (Å²) in [7, 11) is 0. The Kier molecular flexibility index (Phi) is 3.93. The quantitative estimate of drug-likeness (QED) is 0.706. The number of ether oxygens (including phenoxy) is 2. The number of thiazole rings is 1. The predicted molar refractivity (Wildman–Crippen MR) is 97.2 cm³/mol. The minimum absolute atomic E-state index is 0.169. The number of aryl methyl sites for hydroxylation is 2. The molecule has 128 valence electrons. The molecule has 4 rings (SSSR count). The first-order valence-electron chi connectivity index (χ1n) is 7.92. The Labute approximate surface area is 148 Å². The highest BCUT2D eigenvalue weighted by atomic mass is 32.1. The van der Waals surface area contributed by atoms with Crippen LogP contribution in [0.1, 0.15) is 11.1 Å². The van der Waals surface area contributed by atoms with Crippen LogP contribution in [0, 0.1) is 13.8 Å². The molecule has 2 N–H and O–H groups in total. The fourth-order valence-corrected chi connectivity index (χ4v) is 3.64. The van der Waals surface area contributed by atoms with Gasteiger partial charge in [-0.15, -0.1) is 0 Å². The molecule has 0 saturated heterocycles. The SMILES string of the molecule is Cc1cc(C)c2sc(NNC(=O)[C@H]3COc4ccccc4O3)nc2c1. The van der Waals surface area contributed by atoms with E-state index < -0.39 is 6.10 Å². The Hall–Kier alpha value is -2.80. The van der Waals surface area contributed by atoms with Gasteiger partial charge in [-0.25, -0.2) is 4.98 Å². The van der Waals surface area contributed by atoms with Gasteiger partial charge in [-0.3, -0.25) is 15.6 Å². The van der Waals surface area contributed by atoms with Gasteiger partial charge in [0.05, 0.1) is 10.2 Å². The monoisotopic (exact) mass is 355 g/mol. The third-order valence-corrected chi connectivity index (χ3v) is 5.04. The van der Waals surface area contributed by atoms with Crippen LogP contribution in [0.5, 0.6) is 11.5 Å². The highest BCUT2D eigenvalue weighted by Crippen LogP contribution is 2.31. The van der Waals surface area contributed by atoms with Gasteiger partial charge < -0.3 is 9.47 Å². The highest BCUT2D eigenvalue weighted by Gasteiger charge is 2.27. The van der Waals surface area contributed by atoms with E-state index in [1.54, 1.807) is 6.07 Å². The second-order valence-electron chi connectivity index (χ2n) is 5.93. The van der Waals surface area contributed by atoms with Gasteiger partial charge in [0.1, 0.15) is 6.61 Å². The van der Waals surface area contributed by atoms with Crippen LogP contribution < -0.4 is 20.3 Å². The van der Waals surface area contributed by atoms with Crippen molar-refractivity contribution < 1.29 is 14.3 Å². The molecule has 7 heteroatoms. The predicted octanol–water partition coefficient (Wildman–Crippen LogP) is 3.20. The lowest BCUT2D eigenvalue weighted by Gasteiger charge is -2.25. The second-order valence-corrected chi connectivity index (χ2v) is 6.93. The number of carbonyl (C=O) groups is 1. The Balaban J connectivity index is 1.43. The van der Waals surface area contributed by atoms with Gasteiger partial charge >= 0.3 is 0 Å². The van der Waals surface area contributed by atoms with Crippen LogP contribution in [0.2, 0.25) is 0 Å². The number of anilines is 1. The third kappa shape index (κ3) is 3.10. The topological polar surface area (TPSA) is 72.5 Å². The lowest BCUT2D eigenvalue weighted by molar-refractivity contribution is -0.129. The fourth-order valence-electron chi connectivity index (χ4n) is 2.77. The summed E-state index contributed by atoms with van der Waals surface area (Å²) >= 11 is 1.50. The van der Waals surface area contributed by atoms with E-state index in [1.165, 1.54) is 16.9 Å². The fraction of sp³-hybridized carbons (Fsp3) is 0.222. The molecule has 0 radical (unpaired) electrons. The van der Waals surface area contributed by atoms with E-state index >= 15 is 0 Å². The number of hydrazine groups is 1. The summed E-state index contributed by atoms with van der Waals surface area (Å²) in [5.74, 6) is 0.915. The van der Waals surface area contributed by atoms with E-state index in [2.05, 4.69) is 28.8 Å². The van der Waals surface area contributed by atoms with Crippen LogP contribution in [0.3, 0.4) is 0 Å². The maximum atomic E-state index is 12.3. The molecule has 6 nitrogen and oxygen atoms in total. The van der Waals surface area contributed by atoms with Crippen LogP contribution in [0.4, 0.5) is 5.13 Å². The van der Waals surface area contributed by atoms with Crippen molar-refractivity contribution >= 4 is 32.6 Å². The smallest absolute Gasteiger partial charge is 0.283 e. The average Bonchev–Trinajstić information content (AvgIpc) is 3.02. The van der Waals surface area contributed by atoms with Crippen molar-refractivity contribution in [2.24, 2.45) is 0 Å². The standard InChI is InChI=1S/C18H17N3O3S/c1-10-7-11(2)16-12(8-10)19-18(25-16)21-20-17(22)15-9-23-13-5-3-4-6-14(13)24-15/h3-8,15H,9H2,1-2H3,(H,19,21)(H,20,22)/t15-/m1/s1. The molecule has 0 spiro atoms. The molecule has 0 unspecified atom stereocenters. The summed E-state index contributed by atoms with van der Waals surface area (Å²) in [6, 6.07) is 11.4. The van der Waals surface area contributed by atoms with Crippen LogP contribution >= 0.6 is 11.3 Å². The molecule has 0 saturated carbocycles. The van der Waals surface area contributed by atoms with Crippen molar-refractivity contribution in [1.29, 1.82) is 0 Å². The Bertz CT molecular complexity index is 954. The number of amides is 1. The van der Waals surface area contributed by atoms with Crippen LogP contribution in [-0.2, 0) is 4.79 Å². The molecule has 1 atom stereocenters. The Morgan fingerprint density at radius 3 is 2.88 bits per heavy atom. The molecular formula is C18H17N3O3S. The lowest BCUT2D eigenvalue weighted by Crippen LogP contribution is -2.45. The number of carbonyl (C=O) groups excluding carboxylic acids is 1. The van der Waals surface area contributed by atoms with Crippen LogP contribution in [-0.4, -0.2) is 23.6 Å². The number of aromatic nitrogens is 1. The van der Waals surface area contributed by atoms with E-state index in [9.17, 15) is 4.79 Å². The lowest BCUT2D eigenvalue weighted by atomic mass is 10.1. The summed E-state index contributed by atoms with van der Waals surface area (Å²) in [5, 5.41) is 0.633. The van der Waals surface area contributed by atoms with Crippen LogP contribution in [0.15, 0.2) is 36.4 Å². The van der Waals surface area contributed by atoms with E-state index in [-0.39, 0.29) is 12.5 Å². The summed E-state index contributed by atoms with van der Waals surface area (Å²) in [5.41, 5.74) is 8.78. The number of hydrogen-bond donors (Lipinski definition) is 2. The van der Waals surface area contributed by atoms with Gasteiger partial charge in [0, 0.05) is 0 Å². The first-order chi connectivity index (χ1) is 12.1. The van der Waals surface area contributed by atoms with Crippen molar-refractivity contribution in [2.75, 3.05) is 12.0 Å². The highest BCUT2D eigenvalue weighted by molar-refractivity contribution is 7.22. The van der Waals surface area contributed by atoms with Gasteiger partial charge in [0.25, 0.3) is 5.91 Å². The van der Waals surface area contributed by atoms with E-state index in [0.29, 0.717) is 16.6 Å². The molecule has 0 fully saturated rings. The largest absolute Gasteiger partial charge is 0.485 e. The normalized spacial score (nSPS) is 15.8. The minimum Gasteiger partial charge on any atom is -0.485 e. The zero-order valence-corrected chi connectivity index (χ0v) is 14.6. The number of para-hydroxylation sites is 2. The number of rotatable bonds is 3. The molecule has 0 aliphatic carbocycles. The minimum atomic E-state index is -0.708. The van der Waals surface area contributed by atoms with Crippen molar-refractivity contribution in [2.45, 2.75) is 20.0 Å². The van der Waals surface area contributed by atoms with Gasteiger partial charge in [0.2, 0.25) is 11.2 Å². The zero-order chi connectivity index (χ0) is 17.4.